The molecule has 3 N–H and O–H groups in total. The van der Waals surface area contributed by atoms with Gasteiger partial charge in [-0.25, -0.2) is 0 Å². The van der Waals surface area contributed by atoms with Crippen LogP contribution in [0.15, 0.2) is 23.4 Å². The van der Waals surface area contributed by atoms with Crippen molar-refractivity contribution in [2.45, 2.75) is 19.4 Å². The van der Waals surface area contributed by atoms with Crippen LogP contribution in [0.25, 0.3) is 0 Å². The van der Waals surface area contributed by atoms with E-state index in [0.29, 0.717) is 16.5 Å². The molecule has 1 aromatic rings. The van der Waals surface area contributed by atoms with Crippen LogP contribution < -0.4 is 10.6 Å². The standard InChI is InChI=1S/C14H20ClN3O2/c1-9-5-6-18(8-13(9)20-2)12-4-3-10(15)7-11(12)14(16)17-19/h3-4,7,9,13,19H,5-6,8H2,1-2H3,(H2,16,17). The summed E-state index contributed by atoms with van der Waals surface area (Å²) in [7, 11) is 1.73. The van der Waals surface area contributed by atoms with E-state index in [9.17, 15) is 0 Å². The van der Waals surface area contributed by atoms with Gasteiger partial charge in [-0.05, 0) is 30.5 Å². The molecule has 1 saturated heterocycles. The Morgan fingerprint density at radius 2 is 2.30 bits per heavy atom. The Hall–Kier alpha value is -1.46. The van der Waals surface area contributed by atoms with Crippen LogP contribution in [0.5, 0.6) is 0 Å². The van der Waals surface area contributed by atoms with Gasteiger partial charge in [-0.2, -0.15) is 0 Å². The number of anilines is 1. The van der Waals surface area contributed by atoms with Crippen LogP contribution >= 0.6 is 11.6 Å². The second-order valence-electron chi connectivity index (χ2n) is 5.13. The summed E-state index contributed by atoms with van der Waals surface area (Å²) in [5.74, 6) is 0.589. The average molecular weight is 298 g/mol. The molecule has 2 rings (SSSR count). The molecule has 2 unspecified atom stereocenters. The van der Waals surface area contributed by atoms with Gasteiger partial charge >= 0.3 is 0 Å². The number of piperidine rings is 1. The minimum absolute atomic E-state index is 0.0649. The van der Waals surface area contributed by atoms with Gasteiger partial charge in [0.05, 0.1) is 6.10 Å². The molecule has 20 heavy (non-hydrogen) atoms. The molecule has 1 aliphatic rings. The number of nitrogens with zero attached hydrogens (tertiary/aromatic N) is 2. The van der Waals surface area contributed by atoms with Crippen LogP contribution in [0.2, 0.25) is 5.02 Å². The quantitative estimate of drug-likeness (QED) is 0.389. The van der Waals surface area contributed by atoms with E-state index in [1.165, 1.54) is 0 Å². The number of hydrogen-bond acceptors (Lipinski definition) is 4. The molecular formula is C14H20ClN3O2. The maximum atomic E-state index is 8.92. The second-order valence-corrected chi connectivity index (χ2v) is 5.57. The highest BCUT2D eigenvalue weighted by Gasteiger charge is 2.27. The summed E-state index contributed by atoms with van der Waals surface area (Å²) < 4.78 is 5.53. The first kappa shape index (κ1) is 14.9. The zero-order chi connectivity index (χ0) is 14.7. The Bertz CT molecular complexity index is 507. The van der Waals surface area contributed by atoms with Gasteiger partial charge in [-0.15, -0.1) is 0 Å². The van der Waals surface area contributed by atoms with Crippen molar-refractivity contribution in [1.29, 1.82) is 0 Å². The van der Waals surface area contributed by atoms with Gasteiger partial charge in [0.25, 0.3) is 0 Å². The molecule has 2 atom stereocenters. The lowest BCUT2D eigenvalue weighted by atomic mass is 9.95. The smallest absolute Gasteiger partial charge is 0.172 e. The highest BCUT2D eigenvalue weighted by Crippen LogP contribution is 2.29. The lowest BCUT2D eigenvalue weighted by Gasteiger charge is -2.38. The molecule has 0 spiro atoms. The largest absolute Gasteiger partial charge is 0.409 e. The first-order chi connectivity index (χ1) is 9.56. The Kier molecular flexibility index (Phi) is 4.73. The molecule has 0 radical (unpaired) electrons. The van der Waals surface area contributed by atoms with Crippen LogP contribution in [0.3, 0.4) is 0 Å². The van der Waals surface area contributed by atoms with Gasteiger partial charge in [0.15, 0.2) is 5.84 Å². The Morgan fingerprint density at radius 3 is 2.95 bits per heavy atom. The molecular weight excluding hydrogens is 278 g/mol. The molecule has 1 aromatic carbocycles. The van der Waals surface area contributed by atoms with Crippen molar-refractivity contribution < 1.29 is 9.94 Å². The van der Waals surface area contributed by atoms with Gasteiger partial charge in [0.2, 0.25) is 0 Å². The van der Waals surface area contributed by atoms with Crippen LogP contribution in [0, 0.1) is 5.92 Å². The minimum Gasteiger partial charge on any atom is -0.409 e. The maximum absolute atomic E-state index is 8.92. The maximum Gasteiger partial charge on any atom is 0.172 e. The van der Waals surface area contributed by atoms with E-state index in [-0.39, 0.29) is 11.9 Å². The second kappa shape index (κ2) is 6.33. The molecule has 0 amide bonds. The molecule has 0 bridgehead atoms. The number of rotatable bonds is 3. The molecule has 0 aromatic heterocycles. The van der Waals surface area contributed by atoms with Crippen molar-refractivity contribution in [2.24, 2.45) is 16.8 Å². The third-order valence-corrected chi connectivity index (χ3v) is 4.11. The fourth-order valence-electron chi connectivity index (χ4n) is 2.60. The first-order valence-electron chi connectivity index (χ1n) is 6.62. The number of ether oxygens (including phenoxy) is 1. The summed E-state index contributed by atoms with van der Waals surface area (Å²) in [6.45, 7) is 3.89. The fourth-order valence-corrected chi connectivity index (χ4v) is 2.77. The summed E-state index contributed by atoms with van der Waals surface area (Å²) in [6.07, 6.45) is 1.22. The van der Waals surface area contributed by atoms with Crippen molar-refractivity contribution >= 4 is 23.1 Å². The van der Waals surface area contributed by atoms with Crippen LogP contribution in [-0.4, -0.2) is 37.3 Å². The summed E-state index contributed by atoms with van der Waals surface area (Å²) in [5, 5.41) is 12.6. The van der Waals surface area contributed by atoms with Crippen molar-refractivity contribution in [1.82, 2.24) is 0 Å². The van der Waals surface area contributed by atoms with E-state index in [1.807, 2.05) is 12.1 Å². The molecule has 1 fully saturated rings. The minimum atomic E-state index is 0.0649. The number of hydrogen-bond donors (Lipinski definition) is 2. The number of halogens is 1. The average Bonchev–Trinajstić information content (AvgIpc) is 2.47. The zero-order valence-corrected chi connectivity index (χ0v) is 12.5. The van der Waals surface area contributed by atoms with Crippen LogP contribution in [-0.2, 0) is 4.74 Å². The third kappa shape index (κ3) is 2.99. The van der Waals surface area contributed by atoms with Gasteiger partial charge < -0.3 is 20.6 Å². The topological polar surface area (TPSA) is 71.1 Å². The predicted octanol–water partition coefficient (Wildman–Crippen LogP) is 2.30. The number of nitrogens with two attached hydrogens (primary N) is 1. The Morgan fingerprint density at radius 1 is 1.55 bits per heavy atom. The lowest BCUT2D eigenvalue weighted by molar-refractivity contribution is 0.0498. The fraction of sp³-hybridized carbons (Fsp3) is 0.500. The van der Waals surface area contributed by atoms with E-state index in [4.69, 9.17) is 27.3 Å². The van der Waals surface area contributed by atoms with Crippen molar-refractivity contribution in [3.63, 3.8) is 0 Å². The highest BCUT2D eigenvalue weighted by molar-refractivity contribution is 6.31. The molecule has 1 heterocycles. The van der Waals surface area contributed by atoms with E-state index in [2.05, 4.69) is 17.0 Å². The van der Waals surface area contributed by atoms with Crippen LogP contribution in [0.1, 0.15) is 18.9 Å². The SMILES string of the molecule is COC1CN(c2ccc(Cl)cc2/C(N)=N/O)CCC1C. The summed E-state index contributed by atoms with van der Waals surface area (Å²) in [6, 6.07) is 5.43. The van der Waals surface area contributed by atoms with Crippen molar-refractivity contribution in [2.75, 3.05) is 25.1 Å². The molecule has 110 valence electrons. The third-order valence-electron chi connectivity index (χ3n) is 3.88. The zero-order valence-electron chi connectivity index (χ0n) is 11.7. The molecule has 0 aliphatic carbocycles. The number of benzene rings is 1. The summed E-state index contributed by atoms with van der Waals surface area (Å²) >= 11 is 6.00. The highest BCUT2D eigenvalue weighted by atomic mass is 35.5. The number of amidine groups is 1. The van der Waals surface area contributed by atoms with Gasteiger partial charge in [0, 0.05) is 36.5 Å². The van der Waals surface area contributed by atoms with Crippen molar-refractivity contribution in [3.8, 4) is 0 Å². The Labute approximate surface area is 124 Å². The predicted molar refractivity (Wildman–Crippen MR) is 80.8 cm³/mol. The monoisotopic (exact) mass is 297 g/mol. The molecule has 5 nitrogen and oxygen atoms in total. The van der Waals surface area contributed by atoms with Crippen LogP contribution in [0.4, 0.5) is 5.69 Å². The number of methoxy groups -OCH3 is 1. The normalized spacial score (nSPS) is 23.9. The Balaban J connectivity index is 2.33. The van der Waals surface area contributed by atoms with E-state index < -0.39 is 0 Å². The lowest BCUT2D eigenvalue weighted by Crippen LogP contribution is -2.44. The van der Waals surface area contributed by atoms with Gasteiger partial charge in [-0.3, -0.25) is 0 Å². The van der Waals surface area contributed by atoms with E-state index >= 15 is 0 Å². The van der Waals surface area contributed by atoms with Crippen molar-refractivity contribution in [3.05, 3.63) is 28.8 Å². The van der Waals surface area contributed by atoms with E-state index in [1.54, 1.807) is 13.2 Å². The molecule has 1 aliphatic heterocycles. The summed E-state index contributed by atoms with van der Waals surface area (Å²) in [5.41, 5.74) is 7.31. The van der Waals surface area contributed by atoms with Gasteiger partial charge in [0.1, 0.15) is 0 Å². The molecule has 0 saturated carbocycles. The van der Waals surface area contributed by atoms with Gasteiger partial charge in [-0.1, -0.05) is 23.7 Å². The summed E-state index contributed by atoms with van der Waals surface area (Å²) in [4.78, 5) is 2.19. The molecule has 6 heteroatoms. The number of oxime groups is 1. The van der Waals surface area contributed by atoms with E-state index in [0.717, 1.165) is 25.2 Å². The first-order valence-corrected chi connectivity index (χ1v) is 6.99.